The number of halogens is 12. The van der Waals surface area contributed by atoms with Crippen molar-refractivity contribution < 1.29 is 124 Å². The van der Waals surface area contributed by atoms with Gasteiger partial charge in [-0.2, -0.15) is 40.8 Å². The van der Waals surface area contributed by atoms with Crippen LogP contribution in [0.15, 0.2) is 329 Å². The maximum atomic E-state index is 9.75. The number of hydrogen-bond acceptors (Lipinski definition) is 16. The van der Waals surface area contributed by atoms with E-state index in [1.807, 2.05) is 245 Å². The molecule has 0 radical (unpaired) electrons. The summed E-state index contributed by atoms with van der Waals surface area (Å²) < 4.78 is 133. The van der Waals surface area contributed by atoms with Crippen LogP contribution >= 0.6 is 0 Å². The van der Waals surface area contributed by atoms with Crippen LogP contribution in [0.5, 0.6) is 0 Å². The van der Waals surface area contributed by atoms with Crippen molar-refractivity contribution in [2.75, 3.05) is 7.05 Å². The van der Waals surface area contributed by atoms with Crippen LogP contribution in [-0.4, -0.2) is 142 Å². The topological polar surface area (TPSA) is 263 Å². The largest absolute Gasteiger partial charge is 1.00 e. The van der Waals surface area contributed by atoms with Crippen molar-refractivity contribution in [1.82, 2.24) is 108 Å². The van der Waals surface area contributed by atoms with Crippen molar-refractivity contribution in [2.24, 2.45) is 0 Å². The van der Waals surface area contributed by atoms with Crippen LogP contribution in [-0.2, 0) is 119 Å². The van der Waals surface area contributed by atoms with Gasteiger partial charge in [0.15, 0.2) is 7.05 Å². The third-order valence-corrected chi connectivity index (χ3v) is 18.2. The summed E-state index contributed by atoms with van der Waals surface area (Å²) in [6.45, 7) is 5.40. The van der Waals surface area contributed by atoms with E-state index in [2.05, 4.69) is 137 Å². The van der Waals surface area contributed by atoms with Gasteiger partial charge < -0.3 is 51.8 Å². The van der Waals surface area contributed by atoms with E-state index in [-0.39, 0.29) is 67.1 Å². The number of pyridine rings is 6. The Bertz CT molecular complexity index is 5720. The molecule has 14 aromatic heterocycles. The van der Waals surface area contributed by atoms with Crippen LogP contribution in [0.25, 0.3) is 91.1 Å². The fraction of sp³-hybridized carbons (Fsp3) is 0.103. The minimum absolute atomic E-state index is 0. The Balaban J connectivity index is 0.000000221. The average molecular weight is 2060 g/mol. The third kappa shape index (κ3) is 32.0. The van der Waals surface area contributed by atoms with E-state index in [4.69, 9.17) is 40.5 Å². The van der Waals surface area contributed by atoms with Crippen LogP contribution in [0.1, 0.15) is 44.5 Å². The number of hydrogen-bond donors (Lipinski definition) is 0. The van der Waals surface area contributed by atoms with Gasteiger partial charge in [0.2, 0.25) is 0 Å². The average Bonchev–Trinajstić information content (AvgIpc) is 1.67. The van der Waals surface area contributed by atoms with Crippen LogP contribution in [0.2, 0.25) is 0 Å². The van der Waals surface area contributed by atoms with Crippen molar-refractivity contribution in [3.63, 3.8) is 0 Å². The summed E-state index contributed by atoms with van der Waals surface area (Å²) in [7, 11) is -17.1. The molecule has 130 heavy (non-hydrogen) atoms. The Hall–Kier alpha value is -13.6. The number of benzene rings is 4. The predicted octanol–water partition coefficient (Wildman–Crippen LogP) is 18.8. The van der Waals surface area contributed by atoms with Crippen molar-refractivity contribution >= 4 is 21.8 Å². The number of rotatable bonds is 24. The van der Waals surface area contributed by atoms with Crippen molar-refractivity contribution in [3.8, 4) is 91.1 Å². The fourth-order valence-corrected chi connectivity index (χ4v) is 12.7. The monoisotopic (exact) mass is 2050 g/mol. The minimum atomic E-state index is -6.00. The zero-order valence-electron chi connectivity index (χ0n) is 68.1. The van der Waals surface area contributed by atoms with Gasteiger partial charge in [-0.15, -0.1) is 0 Å². The molecule has 0 aliphatic heterocycles. The van der Waals surface area contributed by atoms with Crippen LogP contribution in [0.4, 0.5) is 51.8 Å². The van der Waals surface area contributed by atoms with Crippen LogP contribution in [0, 0.1) is 10.1 Å². The Labute approximate surface area is 782 Å². The molecule has 0 amide bonds. The second-order valence-electron chi connectivity index (χ2n) is 28.1. The SMILES string of the molecule is C[N+](=O)[O-].F[B-](F)(F)F.F[B-](F)(F)F.F[B-](F)(F)F.[Ag+].[Ag+].[Ag+].c1ccc(-c2ccn(Cc3ccc(Cn4ccc(-c5cccc(-c6ccn(Cc7ccc(Cn8ccc(-c9ccccn9)n8)cc7)n6)n5)n4)cc3)n2)nc1.c1ccc(-c2ccn(Cc3ccc(Cn4ccc(-c5cccc(-c6ccn(Cc7ccc(Cn8ccc(-c9ccccn9)n8)cc7)n6)n5)n4)cc3)n2)nc1. The standard InChI is InChI=1S/2C43H35N11.CH3NO2.3Ag.3BF4/c2*1-3-22-44-36(6-1)40-18-24-51(47-40)28-32-10-14-34(15-11-32)30-53-26-20-42(49-53)38-8-5-9-39(46-38)43-21-27-54(50-43)31-35-16-12-33(13-17-35)29-52-25-19-41(48-52)37-7-2-4-23-45-37;1-2(3)4;;;;3*2-1(3,4)5/h2*1-27H,28-31H2;1H3;;;;;;/q;;;3*+1;3*-1. The second kappa shape index (κ2) is 47.0. The molecule has 18 rings (SSSR count). The number of nitro groups is 1. The maximum absolute atomic E-state index is 9.75. The zero-order valence-corrected chi connectivity index (χ0v) is 72.6. The van der Waals surface area contributed by atoms with Crippen LogP contribution < -0.4 is 0 Å². The van der Waals surface area contributed by atoms with E-state index < -0.39 is 26.7 Å². The minimum Gasteiger partial charge on any atom is -0.418 e. The molecular formula is C87H73Ag3B3F12N23O2. The van der Waals surface area contributed by atoms with Gasteiger partial charge in [-0.3, -0.25) is 67.5 Å². The molecule has 0 unspecified atom stereocenters. The molecule has 0 aliphatic carbocycles. The van der Waals surface area contributed by atoms with Crippen molar-refractivity contribution in [3.05, 3.63) is 384 Å². The van der Waals surface area contributed by atoms with Gasteiger partial charge in [-0.05, 0) is 166 Å². The van der Waals surface area contributed by atoms with Gasteiger partial charge >= 0.3 is 88.9 Å². The Morgan fingerprint density at radius 3 is 0.485 bits per heavy atom. The first-order valence-corrected chi connectivity index (χ1v) is 39.0. The normalized spacial score (nSPS) is 10.9. The second-order valence-corrected chi connectivity index (χ2v) is 28.1. The summed E-state index contributed by atoms with van der Waals surface area (Å²) >= 11 is 0. The number of nitrogens with zero attached hydrogens (tertiary/aromatic N) is 23. The molecular weight excluding hydrogens is 1980 g/mol. The summed E-state index contributed by atoms with van der Waals surface area (Å²) in [6, 6.07) is 85.6. The van der Waals surface area contributed by atoms with Gasteiger partial charge in [0, 0.05) is 79.3 Å². The van der Waals surface area contributed by atoms with E-state index in [9.17, 15) is 51.8 Å². The summed E-state index contributed by atoms with van der Waals surface area (Å²) in [6.07, 6.45) is 23.1. The predicted molar refractivity (Wildman–Crippen MR) is 457 cm³/mol. The molecule has 0 aliphatic rings. The summed E-state index contributed by atoms with van der Waals surface area (Å²) in [5.74, 6) is 0. The van der Waals surface area contributed by atoms with E-state index >= 15 is 0 Å². The van der Waals surface area contributed by atoms with Crippen molar-refractivity contribution in [1.29, 1.82) is 0 Å². The van der Waals surface area contributed by atoms with E-state index in [0.29, 0.717) is 52.4 Å². The quantitative estimate of drug-likeness (QED) is 0.0235. The Morgan fingerprint density at radius 1 is 0.223 bits per heavy atom. The molecule has 0 saturated carbocycles. The third-order valence-electron chi connectivity index (χ3n) is 18.2. The van der Waals surface area contributed by atoms with Crippen LogP contribution in [0.3, 0.4) is 0 Å². The molecule has 14 heterocycles. The van der Waals surface area contributed by atoms with Gasteiger partial charge in [-0.25, -0.2) is 9.97 Å². The number of aromatic nitrogens is 22. The summed E-state index contributed by atoms with van der Waals surface area (Å²) in [5.41, 5.74) is 22.8. The van der Waals surface area contributed by atoms with E-state index in [1.54, 1.807) is 24.8 Å². The smallest absolute Gasteiger partial charge is 0.418 e. The van der Waals surface area contributed by atoms with Gasteiger partial charge in [0.05, 0.1) is 97.9 Å². The van der Waals surface area contributed by atoms with Gasteiger partial charge in [-0.1, -0.05) is 133 Å². The molecule has 0 fully saturated rings. The summed E-state index contributed by atoms with van der Waals surface area (Å²) in [5, 5.41) is 46.9. The van der Waals surface area contributed by atoms with Crippen molar-refractivity contribution in [2.45, 2.75) is 52.4 Å². The molecule has 18 aromatic rings. The first-order chi connectivity index (χ1) is 61.1. The molecule has 0 bridgehead atoms. The van der Waals surface area contributed by atoms with E-state index in [0.717, 1.165) is 120 Å². The molecule has 0 atom stereocenters. The molecule has 4 aromatic carbocycles. The Kier molecular flexibility index (Phi) is 35.6. The molecule has 0 N–H and O–H groups in total. The molecule has 25 nitrogen and oxygen atoms in total. The molecule has 0 saturated heterocycles. The molecule has 0 spiro atoms. The first kappa shape index (κ1) is 98.6. The maximum Gasteiger partial charge on any atom is 1.00 e. The first-order valence-electron chi connectivity index (χ1n) is 39.0. The Morgan fingerprint density at radius 2 is 0.354 bits per heavy atom. The summed E-state index contributed by atoms with van der Waals surface area (Å²) in [4.78, 5) is 35.7. The molecule has 674 valence electrons. The van der Waals surface area contributed by atoms with Gasteiger partial charge in [0.1, 0.15) is 45.6 Å². The van der Waals surface area contributed by atoms with Gasteiger partial charge in [0.25, 0.3) is 0 Å². The fourth-order valence-electron chi connectivity index (χ4n) is 12.7. The zero-order chi connectivity index (χ0) is 89.3. The molecule has 43 heteroatoms. The van der Waals surface area contributed by atoms with E-state index in [1.165, 1.54) is 22.3 Å².